The molecule has 0 fully saturated rings. The van der Waals surface area contributed by atoms with Gasteiger partial charge in [0.25, 0.3) is 0 Å². The van der Waals surface area contributed by atoms with Gasteiger partial charge in [0.05, 0.1) is 0 Å². The highest BCUT2D eigenvalue weighted by Gasteiger charge is 2.15. The number of hydrogen-bond acceptors (Lipinski definition) is 1. The zero-order valence-electron chi connectivity index (χ0n) is 27.8. The zero-order chi connectivity index (χ0) is 32.9. The van der Waals surface area contributed by atoms with Gasteiger partial charge in [-0.3, -0.25) is 0 Å². The predicted octanol–water partition coefficient (Wildman–Crippen LogP) is 13.8. The molecule has 1 nitrogen and oxygen atoms in total. The van der Waals surface area contributed by atoms with Crippen LogP contribution in [0.4, 0.5) is 17.1 Å². The Kier molecular flexibility index (Phi) is 9.03. The highest BCUT2D eigenvalue weighted by Crippen LogP contribution is 2.38. The van der Waals surface area contributed by atoms with Crippen molar-refractivity contribution in [2.45, 2.75) is 26.7 Å². The fraction of sp³-hybridized carbons (Fsp3) is 0.106. The quantitative estimate of drug-likeness (QED) is 0.147. The SMILES string of the molecule is C=C(CC(C)CC)c1cccc(-c2ccc(N(c3ccc(-c4ccccc4)cc3)c3ccc(-c4cccc5ccccc45)cc3)cc2)c1. The van der Waals surface area contributed by atoms with Gasteiger partial charge in [0.2, 0.25) is 0 Å². The highest BCUT2D eigenvalue weighted by atomic mass is 15.1. The van der Waals surface area contributed by atoms with Crippen molar-refractivity contribution in [2.75, 3.05) is 4.90 Å². The van der Waals surface area contributed by atoms with Gasteiger partial charge < -0.3 is 4.90 Å². The molecule has 48 heavy (non-hydrogen) atoms. The minimum atomic E-state index is 0.634. The summed E-state index contributed by atoms with van der Waals surface area (Å²) in [4.78, 5) is 2.34. The smallest absolute Gasteiger partial charge is 0.0462 e. The number of allylic oxidation sites excluding steroid dienone is 1. The van der Waals surface area contributed by atoms with Crippen LogP contribution in [0.2, 0.25) is 0 Å². The van der Waals surface area contributed by atoms with Crippen LogP contribution in [0.5, 0.6) is 0 Å². The summed E-state index contributed by atoms with van der Waals surface area (Å²) in [6.45, 7) is 8.96. The van der Waals surface area contributed by atoms with E-state index < -0.39 is 0 Å². The molecule has 7 rings (SSSR count). The molecule has 0 aliphatic carbocycles. The average Bonchev–Trinajstić information content (AvgIpc) is 3.16. The molecule has 1 unspecified atom stereocenters. The summed E-state index contributed by atoms with van der Waals surface area (Å²) in [5, 5.41) is 2.52. The van der Waals surface area contributed by atoms with E-state index in [1.165, 1.54) is 55.3 Å². The fourth-order valence-corrected chi connectivity index (χ4v) is 6.55. The molecule has 0 aromatic heterocycles. The molecule has 0 saturated heterocycles. The van der Waals surface area contributed by atoms with Crippen LogP contribution < -0.4 is 4.90 Å². The molecule has 0 amide bonds. The van der Waals surface area contributed by atoms with Crippen LogP contribution in [0.3, 0.4) is 0 Å². The zero-order valence-corrected chi connectivity index (χ0v) is 27.8. The van der Waals surface area contributed by atoms with Crippen LogP contribution in [-0.2, 0) is 0 Å². The Labute approximate surface area is 285 Å². The van der Waals surface area contributed by atoms with E-state index in [2.05, 4.69) is 195 Å². The summed E-state index contributed by atoms with van der Waals surface area (Å²) < 4.78 is 0. The lowest BCUT2D eigenvalue weighted by atomic mass is 9.93. The van der Waals surface area contributed by atoms with E-state index in [0.717, 1.165) is 29.9 Å². The molecule has 7 aromatic carbocycles. The first-order valence-corrected chi connectivity index (χ1v) is 17.0. The van der Waals surface area contributed by atoms with Crippen LogP contribution in [0.1, 0.15) is 32.3 Å². The van der Waals surface area contributed by atoms with Crippen molar-refractivity contribution in [2.24, 2.45) is 5.92 Å². The Morgan fingerprint density at radius 2 is 1.02 bits per heavy atom. The van der Waals surface area contributed by atoms with Gasteiger partial charge in [0, 0.05) is 17.1 Å². The number of fused-ring (bicyclic) bond motifs is 1. The molecule has 1 heteroatoms. The minimum absolute atomic E-state index is 0.634. The van der Waals surface area contributed by atoms with Crippen molar-refractivity contribution in [1.82, 2.24) is 0 Å². The van der Waals surface area contributed by atoms with Gasteiger partial charge in [0.15, 0.2) is 0 Å². The molecule has 7 aromatic rings. The average molecular weight is 620 g/mol. The summed E-state index contributed by atoms with van der Waals surface area (Å²) in [7, 11) is 0. The third-order valence-corrected chi connectivity index (χ3v) is 9.48. The molecule has 0 aliphatic heterocycles. The number of benzene rings is 7. The third-order valence-electron chi connectivity index (χ3n) is 9.48. The van der Waals surface area contributed by atoms with Crippen LogP contribution in [-0.4, -0.2) is 0 Å². The van der Waals surface area contributed by atoms with E-state index in [9.17, 15) is 0 Å². The molecular formula is C47H41N. The normalized spacial score (nSPS) is 11.7. The van der Waals surface area contributed by atoms with E-state index in [0.29, 0.717) is 5.92 Å². The second-order valence-corrected chi connectivity index (χ2v) is 12.8. The van der Waals surface area contributed by atoms with E-state index in [-0.39, 0.29) is 0 Å². The van der Waals surface area contributed by atoms with Gasteiger partial charge in [-0.25, -0.2) is 0 Å². The number of nitrogens with zero attached hydrogens (tertiary/aromatic N) is 1. The van der Waals surface area contributed by atoms with E-state index in [1.807, 2.05) is 0 Å². The largest absolute Gasteiger partial charge is 0.311 e. The summed E-state index contributed by atoms with van der Waals surface area (Å²) in [5.41, 5.74) is 13.1. The summed E-state index contributed by atoms with van der Waals surface area (Å²) in [6.07, 6.45) is 2.19. The van der Waals surface area contributed by atoms with Crippen molar-refractivity contribution in [3.8, 4) is 33.4 Å². The lowest BCUT2D eigenvalue weighted by molar-refractivity contribution is 0.580. The molecule has 234 valence electrons. The van der Waals surface area contributed by atoms with Crippen molar-refractivity contribution in [3.63, 3.8) is 0 Å². The summed E-state index contributed by atoms with van der Waals surface area (Å²) in [5.74, 6) is 0.634. The first-order chi connectivity index (χ1) is 23.6. The van der Waals surface area contributed by atoms with Crippen LogP contribution >= 0.6 is 0 Å². The summed E-state index contributed by atoms with van der Waals surface area (Å²) >= 11 is 0. The standard InChI is InChI=1S/C47H41N/c1-4-34(2)32-35(3)41-16-10-17-42(33-41)38-22-28-44(29-23-38)48(43-26-20-37(21-27-43)36-12-6-5-7-13-36)45-30-24-40(25-31-45)47-19-11-15-39-14-8-9-18-46(39)47/h5-31,33-34H,3-4,32H2,1-2H3. The maximum absolute atomic E-state index is 4.41. The summed E-state index contributed by atoms with van der Waals surface area (Å²) in [6, 6.07) is 61.3. The van der Waals surface area contributed by atoms with Crippen LogP contribution in [0.15, 0.2) is 176 Å². The minimum Gasteiger partial charge on any atom is -0.311 e. The Bertz CT molecular complexity index is 2130. The Balaban J connectivity index is 1.24. The van der Waals surface area contributed by atoms with Gasteiger partial charge in [0.1, 0.15) is 0 Å². The molecule has 0 heterocycles. The van der Waals surface area contributed by atoms with E-state index >= 15 is 0 Å². The molecular weight excluding hydrogens is 579 g/mol. The number of rotatable bonds is 10. The Hall–Kier alpha value is -5.66. The molecule has 0 radical (unpaired) electrons. The molecule has 0 saturated carbocycles. The van der Waals surface area contributed by atoms with Gasteiger partial charge in [-0.1, -0.05) is 154 Å². The lowest BCUT2D eigenvalue weighted by Crippen LogP contribution is -2.09. The first-order valence-electron chi connectivity index (χ1n) is 17.0. The van der Waals surface area contributed by atoms with Crippen LogP contribution in [0.25, 0.3) is 49.7 Å². The first kappa shape index (κ1) is 31.0. The molecule has 0 N–H and O–H groups in total. The van der Waals surface area contributed by atoms with E-state index in [1.54, 1.807) is 0 Å². The topological polar surface area (TPSA) is 3.24 Å². The third kappa shape index (κ3) is 6.59. The van der Waals surface area contributed by atoms with Gasteiger partial charge in [-0.15, -0.1) is 0 Å². The number of anilines is 3. The van der Waals surface area contributed by atoms with Crippen molar-refractivity contribution < 1.29 is 0 Å². The van der Waals surface area contributed by atoms with Crippen molar-refractivity contribution >= 4 is 33.4 Å². The Morgan fingerprint density at radius 3 is 1.67 bits per heavy atom. The van der Waals surface area contributed by atoms with Gasteiger partial charge >= 0.3 is 0 Å². The Morgan fingerprint density at radius 1 is 0.521 bits per heavy atom. The van der Waals surface area contributed by atoms with E-state index in [4.69, 9.17) is 0 Å². The molecule has 0 bridgehead atoms. The molecule has 0 spiro atoms. The monoisotopic (exact) mass is 619 g/mol. The van der Waals surface area contributed by atoms with Crippen LogP contribution in [0, 0.1) is 5.92 Å². The fourth-order valence-electron chi connectivity index (χ4n) is 6.55. The molecule has 0 aliphatic rings. The number of hydrogen-bond donors (Lipinski definition) is 0. The van der Waals surface area contributed by atoms with Gasteiger partial charge in [-0.2, -0.15) is 0 Å². The highest BCUT2D eigenvalue weighted by molar-refractivity contribution is 5.97. The molecule has 1 atom stereocenters. The van der Waals surface area contributed by atoms with Crippen molar-refractivity contribution in [1.29, 1.82) is 0 Å². The lowest BCUT2D eigenvalue weighted by Gasteiger charge is -2.26. The van der Waals surface area contributed by atoms with Gasteiger partial charge in [-0.05, 0) is 110 Å². The predicted molar refractivity (Wildman–Crippen MR) is 208 cm³/mol. The second-order valence-electron chi connectivity index (χ2n) is 12.8. The second kappa shape index (κ2) is 14.0. The maximum atomic E-state index is 4.41. The van der Waals surface area contributed by atoms with Crippen molar-refractivity contribution in [3.05, 3.63) is 182 Å². The maximum Gasteiger partial charge on any atom is 0.0462 e.